The van der Waals surface area contributed by atoms with Crippen molar-refractivity contribution in [3.05, 3.63) is 64.7 Å². The van der Waals surface area contributed by atoms with Gasteiger partial charge in [0.05, 0.1) is 6.10 Å². The van der Waals surface area contributed by atoms with E-state index >= 15 is 0 Å². The number of fused-ring (bicyclic) bond motifs is 5. The molecule has 2 fully saturated rings. The van der Waals surface area contributed by atoms with Crippen LogP contribution in [0.5, 0.6) is 5.75 Å². The third kappa shape index (κ3) is 9.27. The normalized spacial score (nSPS) is 26.9. The summed E-state index contributed by atoms with van der Waals surface area (Å²) >= 11 is 0. The summed E-state index contributed by atoms with van der Waals surface area (Å²) in [5.41, 5.74) is 5.93. The molecule has 0 aliphatic heterocycles. The molecule has 7 nitrogen and oxygen atoms in total. The van der Waals surface area contributed by atoms with Crippen molar-refractivity contribution in [1.29, 1.82) is 0 Å². The number of methoxy groups -OCH3 is 2. The van der Waals surface area contributed by atoms with Gasteiger partial charge in [-0.05, 0) is 111 Å². The van der Waals surface area contributed by atoms with Crippen molar-refractivity contribution in [2.75, 3.05) is 34.4 Å². The molecule has 0 aromatic heterocycles. The molecule has 0 saturated heterocycles. The van der Waals surface area contributed by atoms with Gasteiger partial charge in [0.25, 0.3) is 6.47 Å². The van der Waals surface area contributed by atoms with E-state index in [1.54, 1.807) is 19.8 Å². The fourth-order valence-electron chi connectivity index (χ4n) is 7.97. The van der Waals surface area contributed by atoms with Gasteiger partial charge in [0, 0.05) is 20.8 Å². The van der Waals surface area contributed by atoms with E-state index in [0.717, 1.165) is 37.4 Å². The number of hydrogen-bond acceptors (Lipinski definition) is 6. The Bertz CT molecular complexity index is 1070. The highest BCUT2D eigenvalue weighted by Gasteiger charge is 2.57. The summed E-state index contributed by atoms with van der Waals surface area (Å²) in [5, 5.41) is 16.1. The Morgan fingerprint density at radius 2 is 1.60 bits per heavy atom. The first-order valence-corrected chi connectivity index (χ1v) is 15.9. The number of aliphatic hydroxyl groups is 1. The molecular formula is C36H54O7. The Balaban J connectivity index is 0.000000389. The average molecular weight is 599 g/mol. The lowest BCUT2D eigenvalue weighted by molar-refractivity contribution is -0.128. The van der Waals surface area contributed by atoms with Crippen LogP contribution in [0.1, 0.15) is 86.5 Å². The third-order valence-electron chi connectivity index (χ3n) is 9.97. The highest BCUT2D eigenvalue weighted by Crippen LogP contribution is 2.63. The number of hydrogen-bond donors (Lipinski definition) is 2. The quantitative estimate of drug-likeness (QED) is 0.159. The molecule has 0 heterocycles. The van der Waals surface area contributed by atoms with Crippen LogP contribution in [0.25, 0.3) is 0 Å². The van der Waals surface area contributed by atoms with Gasteiger partial charge in [0.1, 0.15) is 12.5 Å². The molecule has 0 radical (unpaired) electrons. The van der Waals surface area contributed by atoms with E-state index in [4.69, 9.17) is 28.8 Å². The van der Waals surface area contributed by atoms with E-state index in [9.17, 15) is 5.11 Å². The molecular weight excluding hydrogens is 544 g/mol. The molecule has 3 aliphatic carbocycles. The summed E-state index contributed by atoms with van der Waals surface area (Å²) in [6, 6.07) is 15.2. The maximum atomic E-state index is 9.23. The highest BCUT2D eigenvalue weighted by molar-refractivity contribution is 5.41. The fraction of sp³-hybridized carbons (Fsp3) is 0.639. The lowest BCUT2D eigenvalue weighted by Gasteiger charge is -2.53. The first-order valence-electron chi connectivity index (χ1n) is 15.9. The monoisotopic (exact) mass is 598 g/mol. The minimum atomic E-state index is -0.250. The first kappa shape index (κ1) is 35.0. The van der Waals surface area contributed by atoms with E-state index in [2.05, 4.69) is 63.2 Å². The first-order chi connectivity index (χ1) is 20.8. The lowest BCUT2D eigenvalue weighted by atomic mass is 9.52. The average Bonchev–Trinajstić information content (AvgIpc) is 3.35. The molecule has 5 rings (SSSR count). The van der Waals surface area contributed by atoms with Gasteiger partial charge in [-0.25, -0.2) is 0 Å². The molecule has 2 saturated carbocycles. The van der Waals surface area contributed by atoms with Gasteiger partial charge < -0.3 is 29.2 Å². The SMILES string of the molecule is COCOc1ccc2c(c1)C[C@@H](CCCCCO)[C@@H]1[C@@H]2CC[C@]2(C)[C@@H](OCOC)CC[C@@H]12.Cc1ccc(C)cc1.O=CO. The van der Waals surface area contributed by atoms with Crippen LogP contribution in [-0.4, -0.2) is 57.2 Å². The number of ether oxygens (including phenoxy) is 4. The van der Waals surface area contributed by atoms with E-state index in [1.165, 1.54) is 48.8 Å². The van der Waals surface area contributed by atoms with Crippen molar-refractivity contribution in [2.45, 2.75) is 90.6 Å². The molecule has 2 aromatic rings. The van der Waals surface area contributed by atoms with Crippen LogP contribution >= 0.6 is 0 Å². The Morgan fingerprint density at radius 1 is 0.930 bits per heavy atom. The minimum absolute atomic E-state index is 0.250. The van der Waals surface area contributed by atoms with Gasteiger partial charge in [-0.2, -0.15) is 0 Å². The van der Waals surface area contributed by atoms with E-state index in [-0.39, 0.29) is 11.9 Å². The Hall–Kier alpha value is -2.45. The predicted molar refractivity (Wildman–Crippen MR) is 169 cm³/mol. The molecule has 2 aromatic carbocycles. The second kappa shape index (κ2) is 17.7. The van der Waals surface area contributed by atoms with E-state index < -0.39 is 0 Å². The molecule has 0 spiro atoms. The second-order valence-electron chi connectivity index (χ2n) is 12.7. The van der Waals surface area contributed by atoms with E-state index in [0.29, 0.717) is 44.1 Å². The van der Waals surface area contributed by atoms with Crippen LogP contribution in [0, 0.1) is 37.0 Å². The Kier molecular flexibility index (Phi) is 14.5. The number of aryl methyl sites for hydroxylation is 2. The summed E-state index contributed by atoms with van der Waals surface area (Å²) in [6.07, 6.45) is 10.8. The molecule has 3 aliphatic rings. The number of rotatable bonds is 11. The number of unbranched alkanes of at least 4 members (excludes halogenated alkanes) is 2. The van der Waals surface area contributed by atoms with Crippen LogP contribution < -0.4 is 4.74 Å². The molecule has 7 heteroatoms. The molecule has 2 N–H and O–H groups in total. The van der Waals surface area contributed by atoms with Gasteiger partial charge in [0.2, 0.25) is 0 Å². The summed E-state index contributed by atoms with van der Waals surface area (Å²) in [7, 11) is 3.38. The van der Waals surface area contributed by atoms with E-state index in [1.807, 2.05) is 0 Å². The van der Waals surface area contributed by atoms with Crippen molar-refractivity contribution < 1.29 is 34.0 Å². The van der Waals surface area contributed by atoms with Crippen LogP contribution in [0.15, 0.2) is 42.5 Å². The number of carboxylic acid groups (broad SMARTS) is 1. The minimum Gasteiger partial charge on any atom is -0.483 e. The standard InChI is InChI=1S/C27H42O5.C8H10.CH2O2/c1-27-13-12-23-22-9-8-21(31-17-29-2)16-20(22)15-19(7-5-4-6-14-28)26(23)24(27)10-11-25(27)32-18-30-3;1-7-3-5-8(2)6-4-7;2-1-3/h8-9,16,19,23-26,28H,4-7,10-15,17-18H2,1-3H3;3-6H,1-2H3;1H,(H,2,3)/t19-,23-,24+,25+,26-,27+;;/m1../s1. The molecule has 43 heavy (non-hydrogen) atoms. The summed E-state index contributed by atoms with van der Waals surface area (Å²) in [6.45, 7) is 7.43. The van der Waals surface area contributed by atoms with Crippen molar-refractivity contribution >= 4 is 6.47 Å². The predicted octanol–water partition coefficient (Wildman–Crippen LogP) is 7.30. The largest absolute Gasteiger partial charge is 0.483 e. The Labute approximate surface area is 258 Å². The van der Waals surface area contributed by atoms with Gasteiger partial charge in [-0.1, -0.05) is 61.2 Å². The number of carbonyl (C=O) groups is 1. The topological polar surface area (TPSA) is 94.5 Å². The zero-order chi connectivity index (χ0) is 31.2. The second-order valence-corrected chi connectivity index (χ2v) is 12.7. The van der Waals surface area contributed by atoms with Gasteiger partial charge in [-0.3, -0.25) is 4.79 Å². The smallest absolute Gasteiger partial charge is 0.290 e. The zero-order valence-electron chi connectivity index (χ0n) is 26.9. The maximum absolute atomic E-state index is 9.23. The number of aliphatic hydroxyl groups excluding tert-OH is 1. The zero-order valence-corrected chi connectivity index (χ0v) is 26.9. The summed E-state index contributed by atoms with van der Waals surface area (Å²) in [4.78, 5) is 8.36. The highest BCUT2D eigenvalue weighted by atomic mass is 16.7. The van der Waals surface area contributed by atoms with Crippen molar-refractivity contribution in [3.8, 4) is 5.75 Å². The van der Waals surface area contributed by atoms with Gasteiger partial charge >= 0.3 is 0 Å². The maximum Gasteiger partial charge on any atom is 0.290 e. The molecule has 240 valence electrons. The third-order valence-corrected chi connectivity index (χ3v) is 9.97. The van der Waals surface area contributed by atoms with Crippen LogP contribution in [0.4, 0.5) is 0 Å². The molecule has 0 unspecified atom stereocenters. The number of benzene rings is 2. The Morgan fingerprint density at radius 3 is 2.23 bits per heavy atom. The fourth-order valence-corrected chi connectivity index (χ4v) is 7.97. The summed E-state index contributed by atoms with van der Waals surface area (Å²) in [5.74, 6) is 3.67. The molecule has 0 amide bonds. The van der Waals surface area contributed by atoms with Crippen molar-refractivity contribution in [3.63, 3.8) is 0 Å². The molecule has 6 atom stereocenters. The van der Waals surface area contributed by atoms with Crippen molar-refractivity contribution in [2.24, 2.45) is 23.2 Å². The van der Waals surface area contributed by atoms with Gasteiger partial charge in [0.15, 0.2) is 6.79 Å². The summed E-state index contributed by atoms with van der Waals surface area (Å²) < 4.78 is 22.3. The molecule has 0 bridgehead atoms. The van der Waals surface area contributed by atoms with Gasteiger partial charge in [-0.15, -0.1) is 0 Å². The van der Waals surface area contributed by atoms with Crippen molar-refractivity contribution in [1.82, 2.24) is 0 Å². The van der Waals surface area contributed by atoms with Crippen LogP contribution in [-0.2, 0) is 25.4 Å². The van der Waals surface area contributed by atoms with Crippen LogP contribution in [0.2, 0.25) is 0 Å². The lowest BCUT2D eigenvalue weighted by Crippen LogP contribution is -2.47. The van der Waals surface area contributed by atoms with Crippen LogP contribution in [0.3, 0.4) is 0 Å².